The zero-order chi connectivity index (χ0) is 12.4. The van der Waals surface area contributed by atoms with E-state index >= 15 is 0 Å². The Hall–Kier alpha value is -1.08. The quantitative estimate of drug-likeness (QED) is 0.786. The Balaban J connectivity index is 2.05. The SMILES string of the molecule is C[C@H]1CC[C@@H](C#N)N1C(=O)[C@@H](N)C1CCCC1. The van der Waals surface area contributed by atoms with Crippen LogP contribution in [-0.4, -0.2) is 28.9 Å². The first-order valence-corrected chi connectivity index (χ1v) is 6.62. The molecular weight excluding hydrogens is 214 g/mol. The molecule has 4 nitrogen and oxygen atoms in total. The molecule has 1 aliphatic carbocycles. The summed E-state index contributed by atoms with van der Waals surface area (Å²) >= 11 is 0. The molecule has 1 amide bonds. The van der Waals surface area contributed by atoms with Gasteiger partial charge < -0.3 is 10.6 Å². The molecule has 3 atom stereocenters. The lowest BCUT2D eigenvalue weighted by molar-refractivity contribution is -0.135. The van der Waals surface area contributed by atoms with Gasteiger partial charge >= 0.3 is 0 Å². The maximum atomic E-state index is 12.4. The molecule has 2 aliphatic rings. The summed E-state index contributed by atoms with van der Waals surface area (Å²) in [6.45, 7) is 2.01. The number of likely N-dealkylation sites (tertiary alicyclic amines) is 1. The highest BCUT2D eigenvalue weighted by molar-refractivity contribution is 5.83. The number of nitrogens with two attached hydrogens (primary N) is 1. The maximum Gasteiger partial charge on any atom is 0.241 e. The van der Waals surface area contributed by atoms with Crippen LogP contribution in [0.5, 0.6) is 0 Å². The van der Waals surface area contributed by atoms with Gasteiger partial charge in [-0.3, -0.25) is 4.79 Å². The van der Waals surface area contributed by atoms with Crippen molar-refractivity contribution in [2.24, 2.45) is 11.7 Å². The molecular formula is C13H21N3O. The van der Waals surface area contributed by atoms with E-state index in [4.69, 9.17) is 11.0 Å². The van der Waals surface area contributed by atoms with Crippen molar-refractivity contribution < 1.29 is 4.79 Å². The van der Waals surface area contributed by atoms with Crippen LogP contribution in [0.1, 0.15) is 45.4 Å². The van der Waals surface area contributed by atoms with Crippen molar-refractivity contribution in [2.75, 3.05) is 0 Å². The number of nitrogens with zero attached hydrogens (tertiary/aromatic N) is 2. The van der Waals surface area contributed by atoms with Crippen LogP contribution in [0.15, 0.2) is 0 Å². The van der Waals surface area contributed by atoms with Crippen LogP contribution in [0.2, 0.25) is 0 Å². The van der Waals surface area contributed by atoms with Gasteiger partial charge in [-0.25, -0.2) is 0 Å². The summed E-state index contributed by atoms with van der Waals surface area (Å²) in [4.78, 5) is 14.1. The maximum absolute atomic E-state index is 12.4. The van der Waals surface area contributed by atoms with Crippen LogP contribution in [-0.2, 0) is 4.79 Å². The van der Waals surface area contributed by atoms with Gasteiger partial charge in [0.05, 0.1) is 12.1 Å². The van der Waals surface area contributed by atoms with Crippen molar-refractivity contribution in [1.82, 2.24) is 4.90 Å². The summed E-state index contributed by atoms with van der Waals surface area (Å²) in [5.41, 5.74) is 6.08. The lowest BCUT2D eigenvalue weighted by Crippen LogP contribution is -2.51. The topological polar surface area (TPSA) is 70.1 Å². The van der Waals surface area contributed by atoms with E-state index in [1.54, 1.807) is 4.90 Å². The molecule has 0 bridgehead atoms. The third-order valence-corrected chi connectivity index (χ3v) is 4.26. The van der Waals surface area contributed by atoms with Crippen LogP contribution >= 0.6 is 0 Å². The molecule has 4 heteroatoms. The fourth-order valence-corrected chi connectivity index (χ4v) is 3.17. The number of amides is 1. The molecule has 94 valence electrons. The van der Waals surface area contributed by atoms with Crippen molar-refractivity contribution in [3.05, 3.63) is 0 Å². The van der Waals surface area contributed by atoms with E-state index in [-0.39, 0.29) is 18.0 Å². The van der Waals surface area contributed by atoms with Crippen molar-refractivity contribution in [1.29, 1.82) is 5.26 Å². The predicted octanol–water partition coefficient (Wildman–Crippen LogP) is 1.41. The first-order chi connectivity index (χ1) is 8.15. The minimum absolute atomic E-state index is 0.00606. The Labute approximate surface area is 103 Å². The summed E-state index contributed by atoms with van der Waals surface area (Å²) in [5, 5.41) is 9.07. The third-order valence-electron chi connectivity index (χ3n) is 4.26. The van der Waals surface area contributed by atoms with Crippen LogP contribution in [0, 0.1) is 17.2 Å². The molecule has 1 saturated carbocycles. The second-order valence-corrected chi connectivity index (χ2v) is 5.39. The van der Waals surface area contributed by atoms with E-state index in [0.29, 0.717) is 5.92 Å². The van der Waals surface area contributed by atoms with Gasteiger partial charge in [0.15, 0.2) is 0 Å². The molecule has 0 unspecified atom stereocenters. The van der Waals surface area contributed by atoms with Crippen LogP contribution < -0.4 is 5.73 Å². The summed E-state index contributed by atoms with van der Waals surface area (Å²) in [7, 11) is 0. The van der Waals surface area contributed by atoms with E-state index in [2.05, 4.69) is 6.07 Å². The van der Waals surface area contributed by atoms with E-state index in [0.717, 1.165) is 25.7 Å². The van der Waals surface area contributed by atoms with Gasteiger partial charge in [0.25, 0.3) is 0 Å². The Bertz CT molecular complexity index is 330. The van der Waals surface area contributed by atoms with Crippen molar-refractivity contribution in [3.63, 3.8) is 0 Å². The molecule has 0 aromatic heterocycles. The Morgan fingerprint density at radius 3 is 2.59 bits per heavy atom. The molecule has 0 aromatic rings. The van der Waals surface area contributed by atoms with Crippen LogP contribution in [0.4, 0.5) is 0 Å². The van der Waals surface area contributed by atoms with Crippen molar-refractivity contribution in [2.45, 2.75) is 63.6 Å². The zero-order valence-electron chi connectivity index (χ0n) is 10.4. The predicted molar refractivity (Wildman–Crippen MR) is 64.9 cm³/mol. The molecule has 2 rings (SSSR count). The number of carbonyl (C=O) groups is 1. The highest BCUT2D eigenvalue weighted by Gasteiger charge is 2.39. The van der Waals surface area contributed by atoms with Crippen molar-refractivity contribution >= 4 is 5.91 Å². The highest BCUT2D eigenvalue weighted by atomic mass is 16.2. The van der Waals surface area contributed by atoms with Gasteiger partial charge in [-0.1, -0.05) is 12.8 Å². The van der Waals surface area contributed by atoms with E-state index < -0.39 is 6.04 Å². The number of rotatable bonds is 2. The third kappa shape index (κ3) is 2.30. The average Bonchev–Trinajstić information content (AvgIpc) is 2.96. The minimum Gasteiger partial charge on any atom is -0.323 e. The Morgan fingerprint density at radius 2 is 2.00 bits per heavy atom. The van der Waals surface area contributed by atoms with Gasteiger partial charge in [0.1, 0.15) is 6.04 Å². The first kappa shape index (κ1) is 12.4. The lowest BCUT2D eigenvalue weighted by Gasteiger charge is -2.29. The van der Waals surface area contributed by atoms with E-state index in [1.807, 2.05) is 6.92 Å². The number of hydrogen-bond donors (Lipinski definition) is 1. The second-order valence-electron chi connectivity index (χ2n) is 5.39. The van der Waals surface area contributed by atoms with Crippen LogP contribution in [0.3, 0.4) is 0 Å². The summed E-state index contributed by atoms with van der Waals surface area (Å²) in [6, 6.07) is 1.73. The molecule has 1 heterocycles. The molecule has 17 heavy (non-hydrogen) atoms. The van der Waals surface area contributed by atoms with Gasteiger partial charge in [-0.2, -0.15) is 5.26 Å². The molecule has 2 N–H and O–H groups in total. The summed E-state index contributed by atoms with van der Waals surface area (Å²) in [5.74, 6) is 0.322. The fourth-order valence-electron chi connectivity index (χ4n) is 3.17. The molecule has 0 spiro atoms. The zero-order valence-corrected chi connectivity index (χ0v) is 10.4. The highest BCUT2D eigenvalue weighted by Crippen LogP contribution is 2.30. The van der Waals surface area contributed by atoms with E-state index in [9.17, 15) is 4.79 Å². The van der Waals surface area contributed by atoms with Gasteiger partial charge in [0.2, 0.25) is 5.91 Å². The number of nitriles is 1. The smallest absolute Gasteiger partial charge is 0.241 e. The molecule has 2 fully saturated rings. The second kappa shape index (κ2) is 5.05. The van der Waals surface area contributed by atoms with Gasteiger partial charge in [-0.15, -0.1) is 0 Å². The molecule has 0 aromatic carbocycles. The lowest BCUT2D eigenvalue weighted by atomic mass is 9.97. The fraction of sp³-hybridized carbons (Fsp3) is 0.846. The number of carbonyl (C=O) groups excluding carboxylic acids is 1. The Kier molecular flexibility index (Phi) is 3.68. The summed E-state index contributed by atoms with van der Waals surface area (Å²) in [6.07, 6.45) is 6.20. The Morgan fingerprint density at radius 1 is 1.35 bits per heavy atom. The number of hydrogen-bond acceptors (Lipinski definition) is 3. The monoisotopic (exact) mass is 235 g/mol. The average molecular weight is 235 g/mol. The minimum atomic E-state index is -0.395. The molecule has 1 saturated heterocycles. The van der Waals surface area contributed by atoms with Gasteiger partial charge in [-0.05, 0) is 38.5 Å². The molecule has 1 aliphatic heterocycles. The molecule has 0 radical (unpaired) electrons. The normalized spacial score (nSPS) is 31.5. The largest absolute Gasteiger partial charge is 0.323 e. The van der Waals surface area contributed by atoms with Gasteiger partial charge in [0, 0.05) is 6.04 Å². The summed E-state index contributed by atoms with van der Waals surface area (Å²) < 4.78 is 0. The van der Waals surface area contributed by atoms with E-state index in [1.165, 1.54) is 12.8 Å². The first-order valence-electron chi connectivity index (χ1n) is 6.62. The van der Waals surface area contributed by atoms with Crippen LogP contribution in [0.25, 0.3) is 0 Å². The van der Waals surface area contributed by atoms with Crippen molar-refractivity contribution in [3.8, 4) is 6.07 Å². The standard InChI is InChI=1S/C13H21N3O/c1-9-6-7-11(8-14)16(9)13(17)12(15)10-4-2-3-5-10/h9-12H,2-7,15H2,1H3/t9-,11-,12-/m0/s1.